The SMILES string of the molecule is CCCC(=NO)C(=O)S. The highest BCUT2D eigenvalue weighted by Gasteiger charge is 2.04. The molecule has 0 aromatic carbocycles. The molecule has 0 spiro atoms. The second-order valence-corrected chi connectivity index (χ2v) is 2.01. The Morgan fingerprint density at radius 1 is 1.78 bits per heavy atom. The zero-order valence-corrected chi connectivity index (χ0v) is 6.06. The van der Waals surface area contributed by atoms with Gasteiger partial charge in [-0.05, 0) is 6.42 Å². The zero-order valence-electron chi connectivity index (χ0n) is 5.16. The summed E-state index contributed by atoms with van der Waals surface area (Å²) in [7, 11) is 0. The molecule has 0 aromatic rings. The van der Waals surface area contributed by atoms with Crippen LogP contribution in [0, 0.1) is 0 Å². The Balaban J connectivity index is 3.85. The molecule has 4 heteroatoms. The van der Waals surface area contributed by atoms with Crippen LogP contribution in [-0.2, 0) is 4.79 Å². The van der Waals surface area contributed by atoms with Crippen LogP contribution in [0.3, 0.4) is 0 Å². The van der Waals surface area contributed by atoms with Crippen molar-refractivity contribution in [3.63, 3.8) is 0 Å². The lowest BCUT2D eigenvalue weighted by atomic mass is 10.2. The van der Waals surface area contributed by atoms with E-state index < -0.39 is 5.12 Å². The largest absolute Gasteiger partial charge is 0.411 e. The number of carbonyl (C=O) groups excluding carboxylic acids is 1. The Morgan fingerprint density at radius 2 is 2.33 bits per heavy atom. The van der Waals surface area contributed by atoms with Gasteiger partial charge in [-0.3, -0.25) is 4.79 Å². The summed E-state index contributed by atoms with van der Waals surface area (Å²) in [6.07, 6.45) is 1.27. The van der Waals surface area contributed by atoms with Gasteiger partial charge in [0.15, 0.2) is 0 Å². The number of thiol groups is 1. The molecule has 0 aliphatic carbocycles. The normalized spacial score (nSPS) is 11.6. The molecule has 0 bridgehead atoms. The first-order valence-corrected chi connectivity index (χ1v) is 3.11. The molecule has 0 amide bonds. The summed E-state index contributed by atoms with van der Waals surface area (Å²) < 4.78 is 0. The van der Waals surface area contributed by atoms with E-state index in [1.54, 1.807) is 0 Å². The first-order valence-electron chi connectivity index (χ1n) is 2.66. The van der Waals surface area contributed by atoms with Gasteiger partial charge in [0.25, 0.3) is 0 Å². The van der Waals surface area contributed by atoms with Crippen LogP contribution in [0.5, 0.6) is 0 Å². The summed E-state index contributed by atoms with van der Waals surface area (Å²) in [4.78, 5) is 10.3. The first-order chi connectivity index (χ1) is 4.22. The standard InChI is InChI=1S/C5H9NO2S/c1-2-3-4(6-8)5(7)9/h8H,2-3H2,1H3,(H,7,9). The molecule has 0 aliphatic rings. The molecule has 0 saturated heterocycles. The Morgan fingerprint density at radius 3 is 2.44 bits per heavy atom. The number of oxime groups is 1. The Kier molecular flexibility index (Phi) is 4.13. The number of nitrogens with zero attached hydrogens (tertiary/aromatic N) is 1. The van der Waals surface area contributed by atoms with Crippen molar-refractivity contribution in [2.45, 2.75) is 19.8 Å². The summed E-state index contributed by atoms with van der Waals surface area (Å²) in [5.74, 6) is 0. The third-order valence-electron chi connectivity index (χ3n) is 0.854. The summed E-state index contributed by atoms with van der Waals surface area (Å²) >= 11 is 3.48. The van der Waals surface area contributed by atoms with E-state index in [-0.39, 0.29) is 5.71 Å². The molecule has 0 radical (unpaired) electrons. The van der Waals surface area contributed by atoms with Crippen molar-refractivity contribution in [2.75, 3.05) is 0 Å². The fourth-order valence-corrected chi connectivity index (χ4v) is 0.593. The minimum Gasteiger partial charge on any atom is -0.411 e. The van der Waals surface area contributed by atoms with E-state index >= 15 is 0 Å². The number of hydrogen-bond donors (Lipinski definition) is 2. The molecular formula is C5H9NO2S. The number of hydrogen-bond acceptors (Lipinski definition) is 3. The molecule has 9 heavy (non-hydrogen) atoms. The van der Waals surface area contributed by atoms with E-state index in [9.17, 15) is 4.79 Å². The van der Waals surface area contributed by atoms with Crippen LogP contribution in [0.4, 0.5) is 0 Å². The molecule has 0 unspecified atom stereocenters. The van der Waals surface area contributed by atoms with Gasteiger partial charge in [0.2, 0.25) is 5.12 Å². The van der Waals surface area contributed by atoms with Gasteiger partial charge >= 0.3 is 0 Å². The lowest BCUT2D eigenvalue weighted by molar-refractivity contribution is -0.105. The fraction of sp³-hybridized carbons (Fsp3) is 0.600. The Labute approximate surface area is 59.2 Å². The van der Waals surface area contributed by atoms with E-state index in [1.807, 2.05) is 6.92 Å². The summed E-state index contributed by atoms with van der Waals surface area (Å²) in [5, 5.41) is 10.5. The highest BCUT2D eigenvalue weighted by molar-refractivity contribution is 7.98. The Bertz CT molecular complexity index is 133. The molecule has 0 fully saturated rings. The minimum absolute atomic E-state index is 0.126. The smallest absolute Gasteiger partial charge is 0.233 e. The van der Waals surface area contributed by atoms with Crippen molar-refractivity contribution in [1.29, 1.82) is 0 Å². The first kappa shape index (κ1) is 8.49. The highest BCUT2D eigenvalue weighted by atomic mass is 32.1. The van der Waals surface area contributed by atoms with E-state index in [0.29, 0.717) is 6.42 Å². The van der Waals surface area contributed by atoms with Crippen molar-refractivity contribution >= 4 is 23.5 Å². The maximum absolute atomic E-state index is 10.3. The van der Waals surface area contributed by atoms with Crippen LogP contribution in [0.2, 0.25) is 0 Å². The van der Waals surface area contributed by atoms with E-state index in [0.717, 1.165) is 6.42 Å². The highest BCUT2D eigenvalue weighted by Crippen LogP contribution is 1.95. The lowest BCUT2D eigenvalue weighted by Gasteiger charge is -1.92. The number of rotatable bonds is 3. The molecule has 0 heterocycles. The van der Waals surface area contributed by atoms with Crippen molar-refractivity contribution in [3.8, 4) is 0 Å². The molecule has 1 N–H and O–H groups in total. The van der Waals surface area contributed by atoms with Crippen LogP contribution < -0.4 is 0 Å². The monoisotopic (exact) mass is 147 g/mol. The molecule has 0 rings (SSSR count). The van der Waals surface area contributed by atoms with Gasteiger partial charge in [0.05, 0.1) is 0 Å². The lowest BCUT2D eigenvalue weighted by Crippen LogP contribution is -2.06. The maximum atomic E-state index is 10.3. The third-order valence-corrected chi connectivity index (χ3v) is 1.11. The molecule has 0 aromatic heterocycles. The van der Waals surface area contributed by atoms with Crippen molar-refractivity contribution in [3.05, 3.63) is 0 Å². The van der Waals surface area contributed by atoms with Gasteiger partial charge in [-0.25, -0.2) is 0 Å². The predicted octanol–water partition coefficient (Wildman–Crippen LogP) is 1.07. The van der Waals surface area contributed by atoms with Gasteiger partial charge in [-0.15, -0.1) is 0 Å². The molecule has 0 aliphatic heterocycles. The van der Waals surface area contributed by atoms with Gasteiger partial charge < -0.3 is 5.21 Å². The Hall–Kier alpha value is -0.510. The van der Waals surface area contributed by atoms with Crippen LogP contribution in [0.1, 0.15) is 19.8 Å². The maximum Gasteiger partial charge on any atom is 0.233 e. The van der Waals surface area contributed by atoms with Crippen LogP contribution >= 0.6 is 12.6 Å². The van der Waals surface area contributed by atoms with E-state index in [4.69, 9.17) is 5.21 Å². The molecule has 52 valence electrons. The molecule has 0 atom stereocenters. The average molecular weight is 147 g/mol. The zero-order chi connectivity index (χ0) is 7.28. The summed E-state index contributed by atoms with van der Waals surface area (Å²) in [5.41, 5.74) is 0.126. The minimum atomic E-state index is -0.459. The van der Waals surface area contributed by atoms with Crippen LogP contribution in [0.25, 0.3) is 0 Å². The third kappa shape index (κ3) is 3.13. The van der Waals surface area contributed by atoms with Crippen LogP contribution in [0.15, 0.2) is 5.16 Å². The van der Waals surface area contributed by atoms with Gasteiger partial charge in [-0.2, -0.15) is 0 Å². The van der Waals surface area contributed by atoms with Crippen LogP contribution in [-0.4, -0.2) is 16.0 Å². The van der Waals surface area contributed by atoms with Crippen molar-refractivity contribution in [1.82, 2.24) is 0 Å². The quantitative estimate of drug-likeness (QED) is 0.271. The van der Waals surface area contributed by atoms with Gasteiger partial charge in [-0.1, -0.05) is 31.1 Å². The second kappa shape index (κ2) is 4.38. The summed E-state index contributed by atoms with van der Waals surface area (Å²) in [6.45, 7) is 1.89. The van der Waals surface area contributed by atoms with E-state index in [2.05, 4.69) is 17.8 Å². The molecule has 0 saturated carbocycles. The number of carbonyl (C=O) groups is 1. The summed E-state index contributed by atoms with van der Waals surface area (Å²) in [6, 6.07) is 0. The van der Waals surface area contributed by atoms with E-state index in [1.165, 1.54) is 0 Å². The molecular weight excluding hydrogens is 138 g/mol. The second-order valence-electron chi connectivity index (χ2n) is 1.60. The van der Waals surface area contributed by atoms with Crippen molar-refractivity contribution in [2.24, 2.45) is 5.16 Å². The van der Waals surface area contributed by atoms with Gasteiger partial charge in [0.1, 0.15) is 5.71 Å². The fourth-order valence-electron chi connectivity index (χ4n) is 0.437. The average Bonchev–Trinajstić information content (AvgIpc) is 1.82. The predicted molar refractivity (Wildman–Crippen MR) is 38.1 cm³/mol. The molecule has 3 nitrogen and oxygen atoms in total. The van der Waals surface area contributed by atoms with Crippen molar-refractivity contribution < 1.29 is 10.0 Å². The van der Waals surface area contributed by atoms with Gasteiger partial charge in [0, 0.05) is 0 Å². The topological polar surface area (TPSA) is 49.7 Å².